The highest BCUT2D eigenvalue weighted by Crippen LogP contribution is 2.38. The van der Waals surface area contributed by atoms with Gasteiger partial charge in [-0.05, 0) is 31.5 Å². The zero-order valence-corrected chi connectivity index (χ0v) is 16.9. The summed E-state index contributed by atoms with van der Waals surface area (Å²) in [6.45, 7) is 5.29. The summed E-state index contributed by atoms with van der Waals surface area (Å²) in [4.78, 5) is 10.0. The molecule has 0 amide bonds. The lowest BCUT2D eigenvalue weighted by Crippen LogP contribution is -2.36. The van der Waals surface area contributed by atoms with E-state index in [1.807, 2.05) is 19.1 Å². The van der Waals surface area contributed by atoms with Gasteiger partial charge in [-0.15, -0.1) is 11.3 Å². The van der Waals surface area contributed by atoms with Crippen LogP contribution in [0, 0.1) is 13.8 Å². The maximum atomic E-state index is 5.39. The molecule has 0 aliphatic heterocycles. The van der Waals surface area contributed by atoms with E-state index in [0.717, 1.165) is 16.3 Å². The van der Waals surface area contributed by atoms with Crippen LogP contribution in [0.5, 0.6) is 17.2 Å². The number of nitrogens with zero attached hydrogens (tertiary/aromatic N) is 2. The molecular formula is C18H26N4O3S. The van der Waals surface area contributed by atoms with E-state index < -0.39 is 0 Å². The number of methoxy groups -OCH3 is 3. The lowest BCUT2D eigenvalue weighted by Gasteiger charge is -2.15. The van der Waals surface area contributed by atoms with Crippen molar-refractivity contribution in [1.82, 2.24) is 15.6 Å². The first kappa shape index (κ1) is 19.8. The molecule has 0 aliphatic carbocycles. The molecule has 0 radical (unpaired) electrons. The summed E-state index contributed by atoms with van der Waals surface area (Å²) in [6.07, 6.45) is 0. The van der Waals surface area contributed by atoms with Gasteiger partial charge in [-0.2, -0.15) is 0 Å². The van der Waals surface area contributed by atoms with Crippen molar-refractivity contribution in [2.75, 3.05) is 28.4 Å². The molecular weight excluding hydrogens is 352 g/mol. The van der Waals surface area contributed by atoms with Crippen molar-refractivity contribution in [3.05, 3.63) is 33.3 Å². The molecule has 1 aromatic heterocycles. The number of hydrogen-bond donors (Lipinski definition) is 2. The molecule has 0 spiro atoms. The summed E-state index contributed by atoms with van der Waals surface area (Å²) in [7, 11) is 6.54. The van der Waals surface area contributed by atoms with E-state index in [0.29, 0.717) is 36.3 Å². The Labute approximate surface area is 158 Å². The summed E-state index contributed by atoms with van der Waals surface area (Å²) < 4.78 is 16.1. The van der Waals surface area contributed by atoms with Gasteiger partial charge in [0, 0.05) is 18.5 Å². The number of nitrogens with one attached hydrogen (secondary N) is 2. The number of hydrogen-bond acceptors (Lipinski definition) is 6. The highest BCUT2D eigenvalue weighted by Gasteiger charge is 2.13. The van der Waals surface area contributed by atoms with Gasteiger partial charge in [0.1, 0.15) is 5.01 Å². The predicted molar refractivity (Wildman–Crippen MR) is 105 cm³/mol. The van der Waals surface area contributed by atoms with Crippen LogP contribution in [0.2, 0.25) is 0 Å². The fourth-order valence-electron chi connectivity index (χ4n) is 2.42. The predicted octanol–water partition coefficient (Wildman–Crippen LogP) is 2.65. The molecule has 2 N–H and O–H groups in total. The Morgan fingerprint density at radius 3 is 2.12 bits per heavy atom. The van der Waals surface area contributed by atoms with Gasteiger partial charge in [-0.1, -0.05) is 0 Å². The smallest absolute Gasteiger partial charge is 0.203 e. The van der Waals surface area contributed by atoms with E-state index in [1.54, 1.807) is 39.7 Å². The number of ether oxygens (including phenoxy) is 3. The van der Waals surface area contributed by atoms with Crippen molar-refractivity contribution in [3.63, 3.8) is 0 Å². The quantitative estimate of drug-likeness (QED) is 0.570. The molecule has 0 saturated carbocycles. The lowest BCUT2D eigenvalue weighted by molar-refractivity contribution is 0.323. The second-order valence-corrected chi connectivity index (χ2v) is 6.85. The van der Waals surface area contributed by atoms with Crippen molar-refractivity contribution in [3.8, 4) is 17.2 Å². The first-order valence-electron chi connectivity index (χ1n) is 8.18. The summed E-state index contributed by atoms with van der Waals surface area (Å²) in [6, 6.07) is 3.82. The van der Waals surface area contributed by atoms with Gasteiger partial charge in [0.25, 0.3) is 0 Å². The molecule has 142 valence electrons. The minimum absolute atomic E-state index is 0.562. The van der Waals surface area contributed by atoms with Crippen molar-refractivity contribution in [2.45, 2.75) is 26.9 Å². The first-order valence-corrected chi connectivity index (χ1v) is 9.00. The van der Waals surface area contributed by atoms with Crippen molar-refractivity contribution in [1.29, 1.82) is 0 Å². The molecule has 0 unspecified atom stereocenters. The summed E-state index contributed by atoms with van der Waals surface area (Å²) >= 11 is 1.69. The van der Waals surface area contributed by atoms with Crippen molar-refractivity contribution >= 4 is 17.3 Å². The second kappa shape index (κ2) is 9.28. The zero-order chi connectivity index (χ0) is 19.1. The Balaban J connectivity index is 2.01. The molecule has 8 heteroatoms. The Bertz CT molecular complexity index is 729. The maximum Gasteiger partial charge on any atom is 0.203 e. The molecule has 1 aromatic carbocycles. The van der Waals surface area contributed by atoms with Crippen LogP contribution >= 0.6 is 11.3 Å². The van der Waals surface area contributed by atoms with Crippen molar-refractivity contribution in [2.24, 2.45) is 4.99 Å². The molecule has 2 rings (SSSR count). The van der Waals surface area contributed by atoms with Gasteiger partial charge in [0.2, 0.25) is 5.75 Å². The third kappa shape index (κ3) is 4.78. The maximum absolute atomic E-state index is 5.39. The average Bonchev–Trinajstić information content (AvgIpc) is 2.98. The lowest BCUT2D eigenvalue weighted by atomic mass is 10.2. The van der Waals surface area contributed by atoms with Gasteiger partial charge < -0.3 is 24.8 Å². The number of aliphatic imine (C=N–C) groups is 1. The summed E-state index contributed by atoms with van der Waals surface area (Å²) in [5, 5.41) is 7.59. The van der Waals surface area contributed by atoms with Crippen LogP contribution in [0.3, 0.4) is 0 Å². The Morgan fingerprint density at radius 1 is 1.04 bits per heavy atom. The minimum Gasteiger partial charge on any atom is -0.493 e. The van der Waals surface area contributed by atoms with E-state index in [2.05, 4.69) is 27.5 Å². The minimum atomic E-state index is 0.562. The summed E-state index contributed by atoms with van der Waals surface area (Å²) in [5.74, 6) is 2.53. The van der Waals surface area contributed by atoms with Gasteiger partial charge in [-0.3, -0.25) is 4.99 Å². The van der Waals surface area contributed by atoms with Gasteiger partial charge in [0.15, 0.2) is 17.5 Å². The number of aryl methyl sites for hydroxylation is 2. The monoisotopic (exact) mass is 378 g/mol. The number of guanidine groups is 1. The van der Waals surface area contributed by atoms with Crippen LogP contribution in [0.1, 0.15) is 21.1 Å². The topological polar surface area (TPSA) is 77.0 Å². The van der Waals surface area contributed by atoms with Crippen molar-refractivity contribution < 1.29 is 14.2 Å². The molecule has 0 fully saturated rings. The fourth-order valence-corrected chi connectivity index (χ4v) is 3.29. The summed E-state index contributed by atoms with van der Waals surface area (Å²) in [5.41, 5.74) is 2.07. The van der Waals surface area contributed by atoms with Gasteiger partial charge in [-0.25, -0.2) is 4.98 Å². The van der Waals surface area contributed by atoms with Gasteiger partial charge >= 0.3 is 0 Å². The van der Waals surface area contributed by atoms with Crippen LogP contribution in [0.25, 0.3) is 0 Å². The Morgan fingerprint density at radius 2 is 1.65 bits per heavy atom. The zero-order valence-electron chi connectivity index (χ0n) is 16.1. The highest BCUT2D eigenvalue weighted by molar-refractivity contribution is 7.11. The Hall–Kier alpha value is -2.48. The molecule has 0 atom stereocenters. The van der Waals surface area contributed by atoms with Crippen LogP contribution in [-0.2, 0) is 13.1 Å². The third-order valence-corrected chi connectivity index (χ3v) is 4.96. The number of rotatable bonds is 7. The normalized spacial score (nSPS) is 11.2. The molecule has 2 aromatic rings. The fraction of sp³-hybridized carbons (Fsp3) is 0.444. The number of aromatic nitrogens is 1. The SMILES string of the molecule is CN=C(NCc1cc(OC)c(OC)c(OC)c1)NCc1nc(C)c(C)s1. The van der Waals surface area contributed by atoms with E-state index in [9.17, 15) is 0 Å². The van der Waals surface area contributed by atoms with E-state index >= 15 is 0 Å². The van der Waals surface area contributed by atoms with E-state index in [-0.39, 0.29) is 0 Å². The van der Waals surface area contributed by atoms with Crippen LogP contribution < -0.4 is 24.8 Å². The van der Waals surface area contributed by atoms with E-state index in [1.165, 1.54) is 4.88 Å². The number of benzene rings is 1. The molecule has 0 aliphatic rings. The van der Waals surface area contributed by atoms with E-state index in [4.69, 9.17) is 14.2 Å². The highest BCUT2D eigenvalue weighted by atomic mass is 32.1. The molecule has 0 bridgehead atoms. The van der Waals surface area contributed by atoms with Crippen LogP contribution in [0.15, 0.2) is 17.1 Å². The Kier molecular flexibility index (Phi) is 7.08. The first-order chi connectivity index (χ1) is 12.5. The van der Waals surface area contributed by atoms with Gasteiger partial charge in [0.05, 0.1) is 33.6 Å². The molecule has 1 heterocycles. The van der Waals surface area contributed by atoms with Crippen LogP contribution in [-0.4, -0.2) is 39.3 Å². The molecule has 26 heavy (non-hydrogen) atoms. The second-order valence-electron chi connectivity index (χ2n) is 5.56. The molecule has 7 nitrogen and oxygen atoms in total. The number of thiazole rings is 1. The molecule has 0 saturated heterocycles. The van der Waals surface area contributed by atoms with Crippen LogP contribution in [0.4, 0.5) is 0 Å². The largest absolute Gasteiger partial charge is 0.493 e. The average molecular weight is 378 g/mol. The third-order valence-electron chi connectivity index (χ3n) is 3.89. The standard InChI is InChI=1S/C18H26N4O3S/c1-11-12(2)26-16(22-11)10-21-18(19-3)20-9-13-7-14(23-4)17(25-6)15(8-13)24-5/h7-8H,9-10H2,1-6H3,(H2,19,20,21).